The summed E-state index contributed by atoms with van der Waals surface area (Å²) in [6.07, 6.45) is 2.01. The number of halogens is 1. The number of benzene rings is 1. The zero-order chi connectivity index (χ0) is 12.0. The number of hydrogen-bond acceptors (Lipinski definition) is 3. The van der Waals surface area contributed by atoms with E-state index < -0.39 is 12.0 Å². The van der Waals surface area contributed by atoms with Gasteiger partial charge >= 0.3 is 5.97 Å². The highest BCUT2D eigenvalue weighted by Crippen LogP contribution is 2.10. The second-order valence-electron chi connectivity index (χ2n) is 3.37. The zero-order valence-corrected chi connectivity index (χ0v) is 9.61. The normalized spacial score (nSPS) is 11.9. The Bertz CT molecular complexity index is 362. The summed E-state index contributed by atoms with van der Waals surface area (Å²) in [5, 5.41) is 0.651. The summed E-state index contributed by atoms with van der Waals surface area (Å²) in [5.41, 5.74) is 6.43. The van der Waals surface area contributed by atoms with Crippen molar-refractivity contribution in [1.82, 2.24) is 0 Å². The molecule has 1 aromatic rings. The fourth-order valence-corrected chi connectivity index (χ4v) is 1.24. The Morgan fingerprint density at radius 3 is 2.69 bits per heavy atom. The summed E-state index contributed by atoms with van der Waals surface area (Å²) in [6, 6.07) is 6.45. The van der Waals surface area contributed by atoms with E-state index in [1.54, 1.807) is 30.3 Å². The molecule has 1 rings (SSSR count). The summed E-state index contributed by atoms with van der Waals surface area (Å²) in [5.74, 6) is -0.421. The summed E-state index contributed by atoms with van der Waals surface area (Å²) in [4.78, 5) is 11.4. The predicted molar refractivity (Wildman–Crippen MR) is 64.0 cm³/mol. The van der Waals surface area contributed by atoms with E-state index in [4.69, 9.17) is 22.1 Å². The largest absolute Gasteiger partial charge is 0.460 e. The van der Waals surface area contributed by atoms with Crippen LogP contribution in [0.15, 0.2) is 36.9 Å². The third-order valence-electron chi connectivity index (χ3n) is 2.02. The number of carbonyl (C=O) groups excluding carboxylic acids is 1. The Kier molecular flexibility index (Phi) is 5.02. The molecule has 0 heterocycles. The quantitative estimate of drug-likeness (QED) is 0.634. The molecule has 1 aromatic carbocycles. The Balaban J connectivity index is 2.42. The van der Waals surface area contributed by atoms with Gasteiger partial charge in [-0.3, -0.25) is 4.79 Å². The Morgan fingerprint density at radius 1 is 1.50 bits per heavy atom. The molecule has 0 aliphatic carbocycles. The number of ether oxygens (including phenoxy) is 1. The summed E-state index contributed by atoms with van der Waals surface area (Å²) >= 11 is 5.73. The highest BCUT2D eigenvalue weighted by Gasteiger charge is 2.12. The van der Waals surface area contributed by atoms with E-state index in [0.29, 0.717) is 11.4 Å². The minimum Gasteiger partial charge on any atom is -0.460 e. The first-order valence-corrected chi connectivity index (χ1v) is 5.29. The third-order valence-corrected chi connectivity index (χ3v) is 2.27. The van der Waals surface area contributed by atoms with E-state index in [1.807, 2.05) is 0 Å². The molecule has 1 unspecified atom stereocenters. The molecule has 0 aromatic heterocycles. The van der Waals surface area contributed by atoms with E-state index in [9.17, 15) is 4.79 Å². The highest BCUT2D eigenvalue weighted by atomic mass is 35.5. The lowest BCUT2D eigenvalue weighted by molar-refractivity contribution is -0.146. The van der Waals surface area contributed by atoms with Crippen LogP contribution in [0.4, 0.5) is 0 Å². The number of rotatable bonds is 5. The van der Waals surface area contributed by atoms with E-state index in [-0.39, 0.29) is 6.61 Å². The number of carbonyl (C=O) groups is 1. The first-order valence-electron chi connectivity index (χ1n) is 4.91. The lowest BCUT2D eigenvalue weighted by atomic mass is 10.2. The van der Waals surface area contributed by atoms with Gasteiger partial charge in [0.1, 0.15) is 12.6 Å². The van der Waals surface area contributed by atoms with Gasteiger partial charge in [-0.25, -0.2) is 0 Å². The molecule has 4 heteroatoms. The van der Waals surface area contributed by atoms with Crippen molar-refractivity contribution in [2.75, 3.05) is 0 Å². The third kappa shape index (κ3) is 4.04. The van der Waals surface area contributed by atoms with Crippen LogP contribution in [-0.4, -0.2) is 12.0 Å². The van der Waals surface area contributed by atoms with Crippen LogP contribution in [-0.2, 0) is 16.1 Å². The van der Waals surface area contributed by atoms with Crippen molar-refractivity contribution in [1.29, 1.82) is 0 Å². The maximum atomic E-state index is 11.4. The Morgan fingerprint density at radius 2 is 2.12 bits per heavy atom. The minimum atomic E-state index is -0.634. The van der Waals surface area contributed by atoms with Gasteiger partial charge in [-0.1, -0.05) is 29.8 Å². The van der Waals surface area contributed by atoms with E-state index in [0.717, 1.165) is 5.56 Å². The average Bonchev–Trinajstić information content (AvgIpc) is 2.28. The molecule has 0 fully saturated rings. The van der Waals surface area contributed by atoms with Gasteiger partial charge in [-0.15, -0.1) is 6.58 Å². The molecule has 3 nitrogen and oxygen atoms in total. The Hall–Kier alpha value is -1.32. The molecule has 1 atom stereocenters. The fourth-order valence-electron chi connectivity index (χ4n) is 1.12. The van der Waals surface area contributed by atoms with Crippen LogP contribution >= 0.6 is 11.6 Å². The van der Waals surface area contributed by atoms with Crippen LogP contribution in [0.1, 0.15) is 12.0 Å². The lowest BCUT2D eigenvalue weighted by Gasteiger charge is -2.09. The van der Waals surface area contributed by atoms with Crippen LogP contribution in [0.5, 0.6) is 0 Å². The first kappa shape index (κ1) is 12.7. The summed E-state index contributed by atoms with van der Waals surface area (Å²) in [7, 11) is 0. The molecule has 0 aliphatic rings. The van der Waals surface area contributed by atoms with Crippen molar-refractivity contribution < 1.29 is 9.53 Å². The second kappa shape index (κ2) is 6.30. The van der Waals surface area contributed by atoms with Crippen molar-refractivity contribution in [2.45, 2.75) is 19.1 Å². The number of hydrogen-bond donors (Lipinski definition) is 1. The van der Waals surface area contributed by atoms with Gasteiger partial charge in [0.05, 0.1) is 0 Å². The minimum absolute atomic E-state index is 0.209. The fraction of sp³-hybridized carbons (Fsp3) is 0.250. The second-order valence-corrected chi connectivity index (χ2v) is 3.80. The van der Waals surface area contributed by atoms with Gasteiger partial charge < -0.3 is 10.5 Å². The van der Waals surface area contributed by atoms with Gasteiger partial charge in [0.15, 0.2) is 0 Å². The molecule has 0 saturated heterocycles. The van der Waals surface area contributed by atoms with Gasteiger partial charge in [-0.05, 0) is 24.1 Å². The summed E-state index contributed by atoms with van der Waals surface area (Å²) < 4.78 is 5.03. The highest BCUT2D eigenvalue weighted by molar-refractivity contribution is 6.30. The van der Waals surface area contributed by atoms with Crippen molar-refractivity contribution in [3.05, 3.63) is 47.5 Å². The van der Waals surface area contributed by atoms with Crippen molar-refractivity contribution in [3.63, 3.8) is 0 Å². The van der Waals surface area contributed by atoms with E-state index >= 15 is 0 Å². The topological polar surface area (TPSA) is 52.3 Å². The molecule has 0 amide bonds. The lowest BCUT2D eigenvalue weighted by Crippen LogP contribution is -2.31. The van der Waals surface area contributed by atoms with Crippen molar-refractivity contribution in [3.8, 4) is 0 Å². The number of esters is 1. The molecule has 0 bridgehead atoms. The van der Waals surface area contributed by atoms with Gasteiger partial charge in [-0.2, -0.15) is 0 Å². The maximum absolute atomic E-state index is 11.4. The smallest absolute Gasteiger partial charge is 0.323 e. The van der Waals surface area contributed by atoms with Crippen LogP contribution in [0.25, 0.3) is 0 Å². The maximum Gasteiger partial charge on any atom is 0.323 e. The van der Waals surface area contributed by atoms with Gasteiger partial charge in [0, 0.05) is 5.02 Å². The van der Waals surface area contributed by atoms with Crippen LogP contribution in [0.3, 0.4) is 0 Å². The van der Waals surface area contributed by atoms with Crippen molar-refractivity contribution >= 4 is 17.6 Å². The molecule has 86 valence electrons. The Labute approximate surface area is 99.8 Å². The molecule has 0 aliphatic heterocycles. The van der Waals surface area contributed by atoms with Crippen LogP contribution in [0.2, 0.25) is 5.02 Å². The molecule has 0 spiro atoms. The molecular weight excluding hydrogens is 226 g/mol. The SMILES string of the molecule is C=CCC(N)C(=O)OCc1ccc(Cl)cc1. The first-order chi connectivity index (χ1) is 7.63. The van der Waals surface area contributed by atoms with Crippen molar-refractivity contribution in [2.24, 2.45) is 5.73 Å². The molecule has 0 radical (unpaired) electrons. The molecule has 0 saturated carbocycles. The van der Waals surface area contributed by atoms with E-state index in [2.05, 4.69) is 6.58 Å². The van der Waals surface area contributed by atoms with Crippen LogP contribution < -0.4 is 5.73 Å². The van der Waals surface area contributed by atoms with Gasteiger partial charge in [0.2, 0.25) is 0 Å². The molecule has 16 heavy (non-hydrogen) atoms. The molecule has 2 N–H and O–H groups in total. The predicted octanol–water partition coefficient (Wildman–Crippen LogP) is 2.29. The zero-order valence-electron chi connectivity index (χ0n) is 8.86. The number of nitrogens with two attached hydrogens (primary N) is 1. The van der Waals surface area contributed by atoms with Crippen LogP contribution in [0, 0.1) is 0 Å². The van der Waals surface area contributed by atoms with E-state index in [1.165, 1.54) is 0 Å². The van der Waals surface area contributed by atoms with Gasteiger partial charge in [0.25, 0.3) is 0 Å². The monoisotopic (exact) mass is 239 g/mol. The standard InChI is InChI=1S/C12H14ClNO2/c1-2-3-11(14)12(15)16-8-9-4-6-10(13)7-5-9/h2,4-7,11H,1,3,8,14H2. The molecular formula is C12H14ClNO2. The average molecular weight is 240 g/mol. The summed E-state index contributed by atoms with van der Waals surface area (Å²) in [6.45, 7) is 3.72.